The average molecular weight is 301 g/mol. The lowest BCUT2D eigenvalue weighted by Crippen LogP contribution is -2.19. The maximum atomic E-state index is 13.7. The largest absolute Gasteiger partial charge is 0.487 e. The summed E-state index contributed by atoms with van der Waals surface area (Å²) >= 11 is 4.93. The number of thiocarbonyl (C=S) groups is 1. The standard InChI is InChI=1S/C14H17F2NO2S/c1-4-19-13(20)6-9-5-12(11(16)7-10(9)15)17-14(18)8(2)3/h5,7-8H,4,6H2,1-3H3,(H,17,18). The monoisotopic (exact) mass is 301 g/mol. The van der Waals surface area contributed by atoms with Crippen LogP contribution in [0.2, 0.25) is 0 Å². The number of hydrogen-bond acceptors (Lipinski definition) is 3. The molecule has 0 aliphatic rings. The van der Waals surface area contributed by atoms with Crippen LogP contribution >= 0.6 is 12.2 Å². The van der Waals surface area contributed by atoms with Crippen LogP contribution in [-0.4, -0.2) is 17.6 Å². The van der Waals surface area contributed by atoms with Crippen molar-refractivity contribution in [1.29, 1.82) is 0 Å². The van der Waals surface area contributed by atoms with E-state index in [0.29, 0.717) is 6.61 Å². The van der Waals surface area contributed by atoms with Crippen LogP contribution in [0.4, 0.5) is 14.5 Å². The van der Waals surface area contributed by atoms with E-state index in [4.69, 9.17) is 17.0 Å². The van der Waals surface area contributed by atoms with Crippen LogP contribution in [0.25, 0.3) is 0 Å². The Balaban J connectivity index is 2.97. The minimum absolute atomic E-state index is 0.0554. The van der Waals surface area contributed by atoms with Crippen LogP contribution in [0.5, 0.6) is 0 Å². The molecule has 0 atom stereocenters. The summed E-state index contributed by atoms with van der Waals surface area (Å²) in [4.78, 5) is 11.6. The number of nitrogens with one attached hydrogen (secondary N) is 1. The second-order valence-corrected chi connectivity index (χ2v) is 5.00. The van der Waals surface area contributed by atoms with Gasteiger partial charge in [0.2, 0.25) is 5.91 Å². The number of amides is 1. The molecule has 20 heavy (non-hydrogen) atoms. The van der Waals surface area contributed by atoms with Gasteiger partial charge in [0.05, 0.1) is 12.3 Å². The molecule has 0 fully saturated rings. The number of anilines is 1. The van der Waals surface area contributed by atoms with Crippen LogP contribution in [-0.2, 0) is 16.0 Å². The van der Waals surface area contributed by atoms with Crippen molar-refractivity contribution in [1.82, 2.24) is 0 Å². The van der Waals surface area contributed by atoms with Crippen LogP contribution in [0.1, 0.15) is 26.3 Å². The Morgan fingerprint density at radius 2 is 2.00 bits per heavy atom. The highest BCUT2D eigenvalue weighted by Crippen LogP contribution is 2.21. The van der Waals surface area contributed by atoms with Crippen molar-refractivity contribution in [3.05, 3.63) is 29.3 Å². The molecule has 0 unspecified atom stereocenters. The Morgan fingerprint density at radius 3 is 2.55 bits per heavy atom. The molecule has 0 saturated heterocycles. The van der Waals surface area contributed by atoms with Gasteiger partial charge in [-0.2, -0.15) is 0 Å². The molecule has 1 aromatic rings. The van der Waals surface area contributed by atoms with E-state index < -0.39 is 11.6 Å². The highest BCUT2D eigenvalue weighted by Gasteiger charge is 2.15. The third-order valence-corrected chi connectivity index (χ3v) is 2.82. The average Bonchev–Trinajstić information content (AvgIpc) is 2.35. The minimum Gasteiger partial charge on any atom is -0.487 e. The van der Waals surface area contributed by atoms with E-state index in [1.54, 1.807) is 20.8 Å². The molecule has 0 radical (unpaired) electrons. The summed E-state index contributed by atoms with van der Waals surface area (Å²) in [5.41, 5.74) is 0.128. The first kappa shape index (κ1) is 16.5. The number of carbonyl (C=O) groups excluding carboxylic acids is 1. The van der Waals surface area contributed by atoms with Crippen molar-refractivity contribution >= 4 is 28.9 Å². The summed E-state index contributed by atoms with van der Waals surface area (Å²) in [6.45, 7) is 5.52. The first-order valence-electron chi connectivity index (χ1n) is 6.29. The van der Waals surface area contributed by atoms with Gasteiger partial charge in [0, 0.05) is 18.4 Å². The number of carbonyl (C=O) groups is 1. The van der Waals surface area contributed by atoms with Crippen LogP contribution in [0.15, 0.2) is 12.1 Å². The molecule has 0 aliphatic carbocycles. The van der Waals surface area contributed by atoms with Crippen molar-refractivity contribution in [2.75, 3.05) is 11.9 Å². The predicted molar refractivity (Wildman–Crippen MR) is 77.8 cm³/mol. The molecule has 110 valence electrons. The second kappa shape index (κ2) is 7.28. The molecule has 1 rings (SSSR count). The van der Waals surface area contributed by atoms with Crippen LogP contribution in [0.3, 0.4) is 0 Å². The number of rotatable bonds is 5. The summed E-state index contributed by atoms with van der Waals surface area (Å²) in [5.74, 6) is -2.17. The van der Waals surface area contributed by atoms with E-state index in [9.17, 15) is 13.6 Å². The summed E-state index contributed by atoms with van der Waals surface area (Å²) in [7, 11) is 0. The van der Waals surface area contributed by atoms with E-state index >= 15 is 0 Å². The summed E-state index contributed by atoms with van der Waals surface area (Å²) in [6, 6.07) is 1.98. The Morgan fingerprint density at radius 1 is 1.35 bits per heavy atom. The molecule has 1 aromatic carbocycles. The maximum absolute atomic E-state index is 13.7. The van der Waals surface area contributed by atoms with E-state index in [1.165, 1.54) is 6.07 Å². The van der Waals surface area contributed by atoms with Gasteiger partial charge in [-0.25, -0.2) is 8.78 Å². The molecule has 0 saturated carbocycles. The van der Waals surface area contributed by atoms with Crippen molar-refractivity contribution in [3.8, 4) is 0 Å². The van der Waals surface area contributed by atoms with E-state index in [-0.39, 0.29) is 34.5 Å². The fourth-order valence-corrected chi connectivity index (χ4v) is 1.74. The second-order valence-electron chi connectivity index (χ2n) is 4.55. The molecule has 0 spiro atoms. The van der Waals surface area contributed by atoms with Crippen LogP contribution < -0.4 is 5.32 Å². The SMILES string of the molecule is CCOC(=S)Cc1cc(NC(=O)C(C)C)c(F)cc1F. The molecular formula is C14H17F2NO2S. The van der Waals surface area contributed by atoms with Gasteiger partial charge in [0.1, 0.15) is 11.6 Å². The van der Waals surface area contributed by atoms with Gasteiger partial charge in [-0.3, -0.25) is 4.79 Å². The fraction of sp³-hybridized carbons (Fsp3) is 0.429. The first-order valence-corrected chi connectivity index (χ1v) is 6.70. The van der Waals surface area contributed by atoms with E-state index in [0.717, 1.165) is 6.07 Å². The summed E-state index contributed by atoms with van der Waals surface area (Å²) < 4.78 is 32.4. The number of benzene rings is 1. The quantitative estimate of drug-likeness (QED) is 0.846. The molecule has 0 bridgehead atoms. The van der Waals surface area contributed by atoms with Crippen LogP contribution in [0, 0.1) is 17.6 Å². The molecule has 0 heterocycles. The number of halogens is 2. The van der Waals surface area contributed by atoms with Gasteiger partial charge >= 0.3 is 0 Å². The third-order valence-electron chi connectivity index (χ3n) is 2.56. The van der Waals surface area contributed by atoms with Gasteiger partial charge in [-0.05, 0) is 30.8 Å². The maximum Gasteiger partial charge on any atom is 0.227 e. The van der Waals surface area contributed by atoms with E-state index in [2.05, 4.69) is 5.32 Å². The zero-order chi connectivity index (χ0) is 15.3. The lowest BCUT2D eigenvalue weighted by atomic mass is 10.1. The Labute approximate surface area is 122 Å². The molecule has 1 N–H and O–H groups in total. The predicted octanol–water partition coefficient (Wildman–Crippen LogP) is 3.47. The molecular weight excluding hydrogens is 284 g/mol. The van der Waals surface area contributed by atoms with Gasteiger partial charge in [0.25, 0.3) is 0 Å². The zero-order valence-electron chi connectivity index (χ0n) is 11.6. The highest BCUT2D eigenvalue weighted by atomic mass is 32.1. The lowest BCUT2D eigenvalue weighted by molar-refractivity contribution is -0.118. The molecule has 6 heteroatoms. The molecule has 0 aliphatic heterocycles. The topological polar surface area (TPSA) is 38.3 Å². The minimum atomic E-state index is -0.817. The lowest BCUT2D eigenvalue weighted by Gasteiger charge is -2.12. The molecule has 0 aromatic heterocycles. The van der Waals surface area contributed by atoms with Gasteiger partial charge in [0.15, 0.2) is 5.05 Å². The number of ether oxygens (including phenoxy) is 1. The Bertz CT molecular complexity index is 518. The van der Waals surface area contributed by atoms with Crippen molar-refractivity contribution in [3.63, 3.8) is 0 Å². The third kappa shape index (κ3) is 4.52. The Hall–Kier alpha value is -1.56. The van der Waals surface area contributed by atoms with Crippen molar-refractivity contribution < 1.29 is 18.3 Å². The molecule has 3 nitrogen and oxygen atoms in total. The molecule has 1 amide bonds. The first-order chi connectivity index (χ1) is 9.35. The smallest absolute Gasteiger partial charge is 0.227 e. The zero-order valence-corrected chi connectivity index (χ0v) is 12.4. The number of hydrogen-bond donors (Lipinski definition) is 1. The van der Waals surface area contributed by atoms with E-state index in [1.807, 2.05) is 0 Å². The Kier molecular flexibility index (Phi) is 6.01. The van der Waals surface area contributed by atoms with Crippen molar-refractivity contribution in [2.45, 2.75) is 27.2 Å². The highest BCUT2D eigenvalue weighted by molar-refractivity contribution is 7.80. The van der Waals surface area contributed by atoms with Gasteiger partial charge in [-0.15, -0.1) is 0 Å². The summed E-state index contributed by atoms with van der Waals surface area (Å²) in [6.07, 6.45) is 0.0554. The van der Waals surface area contributed by atoms with Crippen molar-refractivity contribution in [2.24, 2.45) is 5.92 Å². The normalized spacial score (nSPS) is 10.5. The summed E-state index contributed by atoms with van der Waals surface area (Å²) in [5, 5.41) is 2.64. The van der Waals surface area contributed by atoms with Gasteiger partial charge < -0.3 is 10.1 Å². The fourth-order valence-electron chi connectivity index (χ4n) is 1.47. The van der Waals surface area contributed by atoms with Gasteiger partial charge in [-0.1, -0.05) is 13.8 Å².